The number of carbonyl (C=O) groups excluding carboxylic acids is 1. The van der Waals surface area contributed by atoms with Gasteiger partial charge in [-0.05, 0) is 43.3 Å². The van der Waals surface area contributed by atoms with Gasteiger partial charge in [-0.2, -0.15) is 0 Å². The van der Waals surface area contributed by atoms with Crippen LogP contribution in [0.1, 0.15) is 29.4 Å². The van der Waals surface area contributed by atoms with Crippen molar-refractivity contribution in [3.05, 3.63) is 65.1 Å². The maximum absolute atomic E-state index is 14.3. The first-order valence-electron chi connectivity index (χ1n) is 13.2. The molecule has 0 bridgehead atoms. The minimum Gasteiger partial charge on any atom is -0.490 e. The molecule has 6 rings (SSSR count). The number of nitrogens with one attached hydrogen (secondary N) is 1. The molecule has 0 fully saturated rings. The number of carbonyl (C=O) groups is 1. The number of hydrogen-bond donors (Lipinski definition) is 1. The molecule has 0 aliphatic carbocycles. The summed E-state index contributed by atoms with van der Waals surface area (Å²) in [5.74, 6) is 0.913. The first-order valence-corrected chi connectivity index (χ1v) is 15.1. The second-order valence-electron chi connectivity index (χ2n) is 9.50. The van der Waals surface area contributed by atoms with Crippen molar-refractivity contribution in [1.29, 1.82) is 0 Å². The van der Waals surface area contributed by atoms with Gasteiger partial charge in [0.1, 0.15) is 17.3 Å². The third-order valence-corrected chi connectivity index (χ3v) is 8.92. The lowest BCUT2D eigenvalue weighted by molar-refractivity contribution is 0.0950. The van der Waals surface area contributed by atoms with Gasteiger partial charge in [-0.25, -0.2) is 22.8 Å². The second kappa shape index (κ2) is 11.2. The normalized spacial score (nSPS) is 17.3. The van der Waals surface area contributed by atoms with Crippen LogP contribution in [0.3, 0.4) is 0 Å². The van der Waals surface area contributed by atoms with Crippen molar-refractivity contribution < 1.29 is 31.8 Å². The van der Waals surface area contributed by atoms with E-state index in [1.165, 1.54) is 6.07 Å². The lowest BCUT2D eigenvalue weighted by Crippen LogP contribution is -2.29. The van der Waals surface area contributed by atoms with E-state index in [9.17, 15) is 17.6 Å². The molecule has 5 heterocycles. The lowest BCUT2D eigenvalue weighted by atomic mass is 10.2. The Balaban J connectivity index is 1.23. The van der Waals surface area contributed by atoms with Crippen LogP contribution in [0.15, 0.2) is 53.7 Å². The molecule has 0 radical (unpaired) electrons. The molecule has 42 heavy (non-hydrogen) atoms. The van der Waals surface area contributed by atoms with Crippen molar-refractivity contribution in [2.45, 2.75) is 30.3 Å². The number of sulfone groups is 1. The molecular weight excluding hydrogens is 589 g/mol. The van der Waals surface area contributed by atoms with Crippen molar-refractivity contribution in [2.75, 3.05) is 31.3 Å². The number of alkyl halides is 1. The van der Waals surface area contributed by atoms with Crippen LogP contribution >= 0.6 is 11.6 Å². The Morgan fingerprint density at radius 2 is 2.00 bits per heavy atom. The summed E-state index contributed by atoms with van der Waals surface area (Å²) < 4.78 is 56.4. The summed E-state index contributed by atoms with van der Waals surface area (Å²) >= 11 is 6.22. The number of ether oxygens (including phenoxy) is 3. The minimum absolute atomic E-state index is 0.0220. The molecule has 4 aromatic rings. The molecule has 0 spiro atoms. The van der Waals surface area contributed by atoms with E-state index in [1.807, 2.05) is 30.0 Å². The first-order chi connectivity index (χ1) is 20.3. The zero-order chi connectivity index (χ0) is 29.4. The highest BCUT2D eigenvalue weighted by atomic mass is 35.5. The molecule has 1 aromatic carbocycles. The molecule has 218 valence electrons. The quantitative estimate of drug-likeness (QED) is 0.334. The van der Waals surface area contributed by atoms with Gasteiger partial charge in [0.2, 0.25) is 21.1 Å². The Kier molecular flexibility index (Phi) is 7.45. The molecule has 0 saturated carbocycles. The van der Waals surface area contributed by atoms with Gasteiger partial charge in [-0.1, -0.05) is 11.6 Å². The molecule has 0 saturated heterocycles. The lowest BCUT2D eigenvalue weighted by Gasteiger charge is -2.30. The number of halogens is 2. The maximum atomic E-state index is 14.3. The summed E-state index contributed by atoms with van der Waals surface area (Å²) in [7, 11) is -4.36. The van der Waals surface area contributed by atoms with Crippen LogP contribution in [0.4, 0.5) is 15.9 Å². The predicted molar refractivity (Wildman–Crippen MR) is 152 cm³/mol. The highest BCUT2D eigenvalue weighted by Crippen LogP contribution is 2.41. The largest absolute Gasteiger partial charge is 0.490 e. The smallest absolute Gasteiger partial charge is 0.259 e. The van der Waals surface area contributed by atoms with Crippen LogP contribution < -0.4 is 24.4 Å². The standard InChI is InChI=1S/C28H25ClFN5O6S/c1-2-39-28-26-21(5-7-31-28)35(8-10-41-26)24-4-3-16-14-32-18(13-20(16)34-24)15-33-27(36)17-11-19(29)25-22(12-17)42(37,38)23(30)6-9-40-25/h3-5,7,11-14,23H,2,6,8-10,15H2,1H3,(H,33,36)/t23-/m1/s1. The van der Waals surface area contributed by atoms with E-state index < -0.39 is 26.1 Å². The van der Waals surface area contributed by atoms with E-state index in [-0.39, 0.29) is 35.9 Å². The average Bonchev–Trinajstić information content (AvgIpc) is 3.10. The fourth-order valence-electron chi connectivity index (χ4n) is 4.77. The second-order valence-corrected chi connectivity index (χ2v) is 11.9. The van der Waals surface area contributed by atoms with E-state index in [0.717, 1.165) is 17.1 Å². The summed E-state index contributed by atoms with van der Waals surface area (Å²) in [5, 5.41) is 3.42. The van der Waals surface area contributed by atoms with Crippen LogP contribution in [-0.4, -0.2) is 61.1 Å². The number of fused-ring (bicyclic) bond motifs is 3. The van der Waals surface area contributed by atoms with Crippen LogP contribution in [0.5, 0.6) is 17.4 Å². The Hall–Kier alpha value is -4.23. The van der Waals surface area contributed by atoms with E-state index in [2.05, 4.69) is 15.3 Å². The topological polar surface area (TPSA) is 133 Å². The number of aromatic nitrogens is 3. The fourth-order valence-corrected chi connectivity index (χ4v) is 6.50. The summed E-state index contributed by atoms with van der Waals surface area (Å²) in [5.41, 5.74) is -0.232. The Morgan fingerprint density at radius 3 is 2.83 bits per heavy atom. The van der Waals surface area contributed by atoms with Crippen molar-refractivity contribution >= 4 is 49.8 Å². The van der Waals surface area contributed by atoms with Crippen molar-refractivity contribution in [3.63, 3.8) is 0 Å². The Morgan fingerprint density at radius 1 is 1.17 bits per heavy atom. The van der Waals surface area contributed by atoms with Gasteiger partial charge >= 0.3 is 0 Å². The van der Waals surface area contributed by atoms with Gasteiger partial charge in [0, 0.05) is 29.8 Å². The molecule has 1 N–H and O–H groups in total. The van der Waals surface area contributed by atoms with E-state index >= 15 is 0 Å². The summed E-state index contributed by atoms with van der Waals surface area (Å²) in [4.78, 5) is 28.1. The molecular formula is C28H25ClFN5O6S. The molecule has 1 atom stereocenters. The third kappa shape index (κ3) is 5.13. The number of amides is 1. The summed E-state index contributed by atoms with van der Waals surface area (Å²) in [6.45, 7) is 3.21. The molecule has 11 nitrogen and oxygen atoms in total. The van der Waals surface area contributed by atoms with Crippen LogP contribution in [0, 0.1) is 0 Å². The summed E-state index contributed by atoms with van der Waals surface area (Å²) in [6, 6.07) is 9.77. The maximum Gasteiger partial charge on any atom is 0.259 e. The molecule has 3 aromatic heterocycles. The van der Waals surface area contributed by atoms with Crippen LogP contribution in [0.25, 0.3) is 10.9 Å². The molecule has 2 aliphatic rings. The van der Waals surface area contributed by atoms with E-state index in [1.54, 1.807) is 18.5 Å². The Bertz CT molecular complexity index is 1810. The average molecular weight is 614 g/mol. The Labute approximate surface area is 245 Å². The first kappa shape index (κ1) is 27.9. The molecule has 0 unspecified atom stereocenters. The zero-order valence-electron chi connectivity index (χ0n) is 22.3. The SMILES string of the molecule is CCOc1nccc2c1OCCN2c1ccc2cnc(CNC(=O)c3cc(Cl)c4c(c3)S(=O)(=O)[C@@H](F)CCO4)cc2n1. The van der Waals surface area contributed by atoms with Crippen LogP contribution in [-0.2, 0) is 16.4 Å². The van der Waals surface area contributed by atoms with Crippen molar-refractivity contribution in [3.8, 4) is 17.4 Å². The van der Waals surface area contributed by atoms with Crippen molar-refractivity contribution in [2.24, 2.45) is 0 Å². The highest BCUT2D eigenvalue weighted by Gasteiger charge is 2.35. The van der Waals surface area contributed by atoms with Gasteiger partial charge in [-0.15, -0.1) is 0 Å². The fraction of sp³-hybridized carbons (Fsp3) is 0.286. The minimum atomic E-state index is -4.36. The van der Waals surface area contributed by atoms with Gasteiger partial charge in [-0.3, -0.25) is 9.78 Å². The number of pyridine rings is 3. The molecule has 1 amide bonds. The van der Waals surface area contributed by atoms with Gasteiger partial charge < -0.3 is 24.4 Å². The van der Waals surface area contributed by atoms with Gasteiger partial charge in [0.25, 0.3) is 11.8 Å². The van der Waals surface area contributed by atoms with Gasteiger partial charge in [0.05, 0.1) is 48.2 Å². The number of rotatable bonds is 6. The molecule has 2 aliphatic heterocycles. The zero-order valence-corrected chi connectivity index (χ0v) is 23.9. The van der Waals surface area contributed by atoms with E-state index in [0.29, 0.717) is 48.4 Å². The monoisotopic (exact) mass is 613 g/mol. The number of anilines is 2. The van der Waals surface area contributed by atoms with Gasteiger partial charge in [0.15, 0.2) is 5.75 Å². The van der Waals surface area contributed by atoms with E-state index in [4.69, 9.17) is 30.8 Å². The van der Waals surface area contributed by atoms with Crippen molar-refractivity contribution in [1.82, 2.24) is 20.3 Å². The van der Waals surface area contributed by atoms with Crippen LogP contribution in [0.2, 0.25) is 5.02 Å². The summed E-state index contributed by atoms with van der Waals surface area (Å²) in [6.07, 6.45) is 2.98. The number of hydrogen-bond acceptors (Lipinski definition) is 10. The molecule has 14 heteroatoms. The number of benzene rings is 1. The predicted octanol–water partition coefficient (Wildman–Crippen LogP) is 4.39. The highest BCUT2D eigenvalue weighted by molar-refractivity contribution is 7.92. The number of nitrogens with zero attached hydrogens (tertiary/aromatic N) is 4. The third-order valence-electron chi connectivity index (χ3n) is 6.81.